The number of carbonyl (C=O) groups excluding carboxylic acids is 1. The van der Waals surface area contributed by atoms with Crippen LogP contribution in [-0.2, 0) is 11.3 Å². The molecule has 2 aromatic rings. The number of fused-ring (bicyclic) bond motifs is 1. The van der Waals surface area contributed by atoms with E-state index >= 15 is 0 Å². The number of rotatable bonds is 3. The average molecular weight is 330 g/mol. The number of likely N-dealkylation sites (tertiary alicyclic amines) is 1. The molecule has 0 bridgehead atoms. The highest BCUT2D eigenvalue weighted by Crippen LogP contribution is 2.16. The van der Waals surface area contributed by atoms with Gasteiger partial charge in [-0.05, 0) is 18.9 Å². The number of nitrogens with zero attached hydrogens (tertiary/aromatic N) is 4. The minimum absolute atomic E-state index is 0.0928. The predicted octanol–water partition coefficient (Wildman–Crippen LogP) is 1.71. The van der Waals surface area contributed by atoms with Crippen molar-refractivity contribution in [1.29, 1.82) is 0 Å². The molecule has 1 aliphatic rings. The van der Waals surface area contributed by atoms with E-state index in [4.69, 9.17) is 0 Å². The molecule has 1 aromatic heterocycles. The lowest BCUT2D eigenvalue weighted by molar-refractivity contribution is -0.384. The molecule has 2 heterocycles. The van der Waals surface area contributed by atoms with Crippen LogP contribution in [0.1, 0.15) is 25.7 Å². The highest BCUT2D eigenvalue weighted by molar-refractivity contribution is 5.81. The summed E-state index contributed by atoms with van der Waals surface area (Å²) in [5.41, 5.74) is -0.228. The molecule has 1 saturated heterocycles. The molecular formula is C16H18N4O4. The van der Waals surface area contributed by atoms with Crippen LogP contribution >= 0.6 is 0 Å². The highest BCUT2D eigenvalue weighted by atomic mass is 16.6. The summed E-state index contributed by atoms with van der Waals surface area (Å²) >= 11 is 0. The lowest BCUT2D eigenvalue weighted by Crippen LogP contribution is -2.37. The van der Waals surface area contributed by atoms with Gasteiger partial charge < -0.3 is 4.90 Å². The number of carbonyl (C=O) groups is 1. The van der Waals surface area contributed by atoms with Crippen molar-refractivity contribution in [2.75, 3.05) is 13.1 Å². The zero-order valence-corrected chi connectivity index (χ0v) is 13.2. The van der Waals surface area contributed by atoms with E-state index in [9.17, 15) is 19.7 Å². The number of aromatic nitrogens is 2. The van der Waals surface area contributed by atoms with E-state index in [1.807, 2.05) is 0 Å². The summed E-state index contributed by atoms with van der Waals surface area (Å²) in [6.45, 7) is 1.32. The van der Waals surface area contributed by atoms with Crippen LogP contribution in [0.3, 0.4) is 0 Å². The van der Waals surface area contributed by atoms with E-state index in [0.717, 1.165) is 25.7 Å². The van der Waals surface area contributed by atoms with Crippen LogP contribution in [0.15, 0.2) is 29.3 Å². The smallest absolute Gasteiger partial charge is 0.270 e. The second-order valence-electron chi connectivity index (χ2n) is 5.93. The summed E-state index contributed by atoms with van der Waals surface area (Å²) < 4.78 is 1.22. The molecule has 1 fully saturated rings. The maximum absolute atomic E-state index is 12.5. The number of hydrogen-bond donors (Lipinski definition) is 0. The molecule has 0 unspecified atom stereocenters. The quantitative estimate of drug-likeness (QED) is 0.630. The summed E-state index contributed by atoms with van der Waals surface area (Å²) in [7, 11) is 0. The summed E-state index contributed by atoms with van der Waals surface area (Å²) in [5.74, 6) is -0.120. The minimum Gasteiger partial charge on any atom is -0.341 e. The number of benzene rings is 1. The van der Waals surface area contributed by atoms with Crippen molar-refractivity contribution in [3.8, 4) is 0 Å². The van der Waals surface area contributed by atoms with E-state index in [-0.39, 0.29) is 23.5 Å². The van der Waals surface area contributed by atoms with Gasteiger partial charge in [0.2, 0.25) is 5.91 Å². The first-order valence-electron chi connectivity index (χ1n) is 7.97. The molecule has 0 saturated carbocycles. The van der Waals surface area contributed by atoms with Gasteiger partial charge in [-0.3, -0.25) is 24.3 Å². The van der Waals surface area contributed by atoms with Crippen molar-refractivity contribution in [3.05, 3.63) is 45.0 Å². The van der Waals surface area contributed by atoms with E-state index in [2.05, 4.69) is 4.98 Å². The molecule has 1 aliphatic heterocycles. The average Bonchev–Trinajstić information content (AvgIpc) is 2.86. The first-order chi connectivity index (χ1) is 11.6. The Labute approximate surface area is 137 Å². The summed E-state index contributed by atoms with van der Waals surface area (Å²) in [5, 5.41) is 11.0. The Kier molecular flexibility index (Phi) is 4.54. The van der Waals surface area contributed by atoms with Crippen molar-refractivity contribution in [1.82, 2.24) is 14.5 Å². The molecule has 0 atom stereocenters. The van der Waals surface area contributed by atoms with E-state index in [0.29, 0.717) is 18.6 Å². The molecule has 1 amide bonds. The lowest BCUT2D eigenvalue weighted by atomic mass is 10.2. The van der Waals surface area contributed by atoms with Crippen molar-refractivity contribution in [3.63, 3.8) is 0 Å². The van der Waals surface area contributed by atoms with Gasteiger partial charge in [-0.25, -0.2) is 4.98 Å². The van der Waals surface area contributed by atoms with E-state index in [1.165, 1.54) is 29.1 Å². The third kappa shape index (κ3) is 3.27. The monoisotopic (exact) mass is 330 g/mol. The third-order valence-electron chi connectivity index (χ3n) is 4.28. The fourth-order valence-electron chi connectivity index (χ4n) is 2.94. The third-order valence-corrected chi connectivity index (χ3v) is 4.28. The summed E-state index contributed by atoms with van der Waals surface area (Å²) in [6.07, 6.45) is 5.51. The highest BCUT2D eigenvalue weighted by Gasteiger charge is 2.17. The number of non-ortho nitro benzene ring substituents is 1. The maximum Gasteiger partial charge on any atom is 0.270 e. The van der Waals surface area contributed by atoms with Crippen LogP contribution in [0.2, 0.25) is 0 Å². The van der Waals surface area contributed by atoms with Crippen molar-refractivity contribution in [2.45, 2.75) is 32.2 Å². The Morgan fingerprint density at radius 3 is 2.58 bits per heavy atom. The van der Waals surface area contributed by atoms with Crippen LogP contribution in [-0.4, -0.2) is 38.4 Å². The fraction of sp³-hybridized carbons (Fsp3) is 0.438. The van der Waals surface area contributed by atoms with Gasteiger partial charge in [-0.1, -0.05) is 12.8 Å². The summed E-state index contributed by atoms with van der Waals surface area (Å²) in [6, 6.07) is 3.95. The first kappa shape index (κ1) is 16.1. The lowest BCUT2D eigenvalue weighted by Gasteiger charge is -2.20. The second-order valence-corrected chi connectivity index (χ2v) is 5.93. The zero-order chi connectivity index (χ0) is 17.1. The predicted molar refractivity (Wildman–Crippen MR) is 87.7 cm³/mol. The molecule has 8 heteroatoms. The number of hydrogen-bond acceptors (Lipinski definition) is 5. The van der Waals surface area contributed by atoms with Crippen LogP contribution in [0, 0.1) is 10.1 Å². The number of amides is 1. The normalized spacial score (nSPS) is 15.2. The Morgan fingerprint density at radius 2 is 1.92 bits per heavy atom. The molecule has 3 rings (SSSR count). The number of nitro groups is 1. The first-order valence-corrected chi connectivity index (χ1v) is 7.97. The van der Waals surface area contributed by atoms with E-state index in [1.54, 1.807) is 4.90 Å². The standard InChI is InChI=1S/C16H18N4O4/c21-15(18-7-3-1-2-4-8-18)10-19-11-17-14-6-5-12(20(23)24)9-13(14)16(19)22/h5-6,9,11H,1-4,7-8,10H2. The largest absolute Gasteiger partial charge is 0.341 e. The second kappa shape index (κ2) is 6.77. The van der Waals surface area contributed by atoms with Gasteiger partial charge in [-0.2, -0.15) is 0 Å². The van der Waals surface area contributed by atoms with Gasteiger partial charge in [0.1, 0.15) is 6.54 Å². The minimum atomic E-state index is -0.557. The Balaban J connectivity index is 1.89. The van der Waals surface area contributed by atoms with Crippen LogP contribution in [0.5, 0.6) is 0 Å². The zero-order valence-electron chi connectivity index (χ0n) is 13.2. The van der Waals surface area contributed by atoms with Crippen LogP contribution in [0.4, 0.5) is 5.69 Å². The molecular weight excluding hydrogens is 312 g/mol. The molecule has 1 aromatic carbocycles. The molecule has 8 nitrogen and oxygen atoms in total. The van der Waals surface area contributed by atoms with Gasteiger partial charge in [0, 0.05) is 25.2 Å². The summed E-state index contributed by atoms with van der Waals surface area (Å²) in [4.78, 5) is 41.2. The molecule has 24 heavy (non-hydrogen) atoms. The van der Waals surface area contributed by atoms with Gasteiger partial charge in [-0.15, -0.1) is 0 Å². The van der Waals surface area contributed by atoms with Crippen LogP contribution < -0.4 is 5.56 Å². The Bertz CT molecular complexity index is 838. The fourth-order valence-corrected chi connectivity index (χ4v) is 2.94. The van der Waals surface area contributed by atoms with Gasteiger partial charge >= 0.3 is 0 Å². The molecule has 0 spiro atoms. The maximum atomic E-state index is 12.5. The van der Waals surface area contributed by atoms with E-state index < -0.39 is 10.5 Å². The molecule has 126 valence electrons. The molecule has 0 radical (unpaired) electrons. The topological polar surface area (TPSA) is 98.3 Å². The molecule has 0 N–H and O–H groups in total. The van der Waals surface area contributed by atoms with Crippen molar-refractivity contribution >= 4 is 22.5 Å². The van der Waals surface area contributed by atoms with Crippen molar-refractivity contribution < 1.29 is 9.72 Å². The Hall–Kier alpha value is -2.77. The van der Waals surface area contributed by atoms with Gasteiger partial charge in [0.15, 0.2) is 0 Å². The molecule has 0 aliphatic carbocycles. The Morgan fingerprint density at radius 1 is 1.21 bits per heavy atom. The SMILES string of the molecule is O=C(Cn1cnc2ccc([N+](=O)[O-])cc2c1=O)N1CCCCCC1. The van der Waals surface area contributed by atoms with Gasteiger partial charge in [0.25, 0.3) is 11.2 Å². The van der Waals surface area contributed by atoms with Gasteiger partial charge in [0.05, 0.1) is 22.2 Å². The van der Waals surface area contributed by atoms with Crippen molar-refractivity contribution in [2.24, 2.45) is 0 Å². The van der Waals surface area contributed by atoms with Crippen LogP contribution in [0.25, 0.3) is 10.9 Å². The number of nitro benzene ring substituents is 1.